The number of hydrogen-bond donors (Lipinski definition) is 0. The van der Waals surface area contributed by atoms with E-state index in [0.717, 1.165) is 38.5 Å². The molecule has 116 valence electrons. The highest BCUT2D eigenvalue weighted by Crippen LogP contribution is 2.36. The first kappa shape index (κ1) is 15.8. The maximum absolute atomic E-state index is 13.1. The second-order valence-corrected chi connectivity index (χ2v) is 5.51. The first-order valence-electron chi connectivity index (χ1n) is 7.49. The molecule has 1 aliphatic carbocycles. The van der Waals surface area contributed by atoms with Crippen LogP contribution in [0.5, 0.6) is 11.5 Å². The van der Waals surface area contributed by atoms with Gasteiger partial charge in [-0.15, -0.1) is 0 Å². The standard InChI is InChI=1S/C17H24O4/c1-19-13-8-9-15(20-2)14(12-13)16(18)17(21-3)10-6-4-5-7-11-17/h8-9,12H,4-7,10-11H2,1-3H3. The van der Waals surface area contributed by atoms with Crippen LogP contribution < -0.4 is 9.47 Å². The van der Waals surface area contributed by atoms with Crippen LogP contribution in [0.25, 0.3) is 0 Å². The average Bonchev–Trinajstić information content (AvgIpc) is 2.80. The van der Waals surface area contributed by atoms with Crippen molar-refractivity contribution in [3.05, 3.63) is 23.8 Å². The van der Waals surface area contributed by atoms with Crippen LogP contribution in [0.4, 0.5) is 0 Å². The molecule has 0 aliphatic heterocycles. The largest absolute Gasteiger partial charge is 0.497 e. The maximum Gasteiger partial charge on any atom is 0.198 e. The molecular weight excluding hydrogens is 268 g/mol. The zero-order chi connectivity index (χ0) is 15.3. The Morgan fingerprint density at radius 1 is 1.00 bits per heavy atom. The van der Waals surface area contributed by atoms with Crippen molar-refractivity contribution < 1.29 is 19.0 Å². The molecule has 0 N–H and O–H groups in total. The van der Waals surface area contributed by atoms with Gasteiger partial charge in [-0.25, -0.2) is 0 Å². The van der Waals surface area contributed by atoms with Crippen molar-refractivity contribution in [3.8, 4) is 11.5 Å². The van der Waals surface area contributed by atoms with Gasteiger partial charge in [-0.05, 0) is 31.0 Å². The molecule has 0 bridgehead atoms. The molecule has 1 saturated carbocycles. The van der Waals surface area contributed by atoms with Crippen LogP contribution in [-0.4, -0.2) is 32.7 Å². The van der Waals surface area contributed by atoms with E-state index in [1.165, 1.54) is 0 Å². The van der Waals surface area contributed by atoms with Crippen LogP contribution in [0, 0.1) is 0 Å². The van der Waals surface area contributed by atoms with E-state index >= 15 is 0 Å². The minimum atomic E-state index is -0.726. The van der Waals surface area contributed by atoms with Crippen molar-refractivity contribution in [1.29, 1.82) is 0 Å². The van der Waals surface area contributed by atoms with Gasteiger partial charge in [-0.1, -0.05) is 25.7 Å². The van der Waals surface area contributed by atoms with Crippen molar-refractivity contribution in [1.82, 2.24) is 0 Å². The van der Waals surface area contributed by atoms with Gasteiger partial charge in [-0.3, -0.25) is 4.79 Å². The second kappa shape index (κ2) is 6.94. The van der Waals surface area contributed by atoms with Crippen molar-refractivity contribution in [3.63, 3.8) is 0 Å². The van der Waals surface area contributed by atoms with E-state index in [2.05, 4.69) is 0 Å². The number of carbonyl (C=O) groups excluding carboxylic acids is 1. The van der Waals surface area contributed by atoms with Crippen LogP contribution in [0.2, 0.25) is 0 Å². The third kappa shape index (κ3) is 3.21. The molecule has 0 heterocycles. The monoisotopic (exact) mass is 292 g/mol. The minimum Gasteiger partial charge on any atom is -0.497 e. The van der Waals surface area contributed by atoms with Gasteiger partial charge in [0.2, 0.25) is 0 Å². The van der Waals surface area contributed by atoms with Gasteiger partial charge in [-0.2, -0.15) is 0 Å². The zero-order valence-electron chi connectivity index (χ0n) is 13.1. The average molecular weight is 292 g/mol. The normalized spacial score (nSPS) is 17.9. The molecule has 2 rings (SSSR count). The summed E-state index contributed by atoms with van der Waals surface area (Å²) in [5.41, 5.74) is -0.184. The lowest BCUT2D eigenvalue weighted by Gasteiger charge is -2.30. The molecule has 0 saturated heterocycles. The Labute approximate surface area is 126 Å². The van der Waals surface area contributed by atoms with E-state index in [0.29, 0.717) is 17.1 Å². The molecule has 0 aromatic heterocycles. The molecule has 0 radical (unpaired) electrons. The molecule has 1 aliphatic rings. The van der Waals surface area contributed by atoms with E-state index in [1.54, 1.807) is 39.5 Å². The highest BCUT2D eigenvalue weighted by Gasteiger charge is 2.40. The minimum absolute atomic E-state index is 0.00245. The lowest BCUT2D eigenvalue weighted by atomic mass is 9.85. The van der Waals surface area contributed by atoms with Crippen LogP contribution in [-0.2, 0) is 4.74 Å². The van der Waals surface area contributed by atoms with Crippen molar-refractivity contribution in [2.75, 3.05) is 21.3 Å². The Kier molecular flexibility index (Phi) is 5.23. The van der Waals surface area contributed by atoms with E-state index in [1.807, 2.05) is 0 Å². The van der Waals surface area contributed by atoms with Gasteiger partial charge in [0.25, 0.3) is 0 Å². The summed E-state index contributed by atoms with van der Waals surface area (Å²) in [7, 11) is 4.80. The van der Waals surface area contributed by atoms with Crippen LogP contribution in [0.15, 0.2) is 18.2 Å². The Hall–Kier alpha value is -1.55. The van der Waals surface area contributed by atoms with Crippen LogP contribution in [0.1, 0.15) is 48.9 Å². The molecule has 0 unspecified atom stereocenters. The number of rotatable bonds is 5. The van der Waals surface area contributed by atoms with Gasteiger partial charge in [0, 0.05) is 7.11 Å². The zero-order valence-corrected chi connectivity index (χ0v) is 13.1. The number of methoxy groups -OCH3 is 3. The summed E-state index contributed by atoms with van der Waals surface area (Å²) in [5.74, 6) is 1.23. The number of ketones is 1. The third-order valence-electron chi connectivity index (χ3n) is 4.37. The number of carbonyl (C=O) groups is 1. The predicted molar refractivity (Wildman–Crippen MR) is 81.3 cm³/mol. The highest BCUT2D eigenvalue weighted by atomic mass is 16.5. The smallest absolute Gasteiger partial charge is 0.198 e. The summed E-state index contributed by atoms with van der Waals surface area (Å²) in [6.45, 7) is 0. The summed E-state index contributed by atoms with van der Waals surface area (Å²) in [5, 5.41) is 0. The molecule has 0 spiro atoms. The first-order valence-corrected chi connectivity index (χ1v) is 7.49. The fraction of sp³-hybridized carbons (Fsp3) is 0.588. The van der Waals surface area contributed by atoms with E-state index in [4.69, 9.17) is 14.2 Å². The van der Waals surface area contributed by atoms with Crippen LogP contribution >= 0.6 is 0 Å². The quantitative estimate of drug-likeness (QED) is 0.614. The van der Waals surface area contributed by atoms with E-state index < -0.39 is 5.60 Å². The summed E-state index contributed by atoms with van der Waals surface area (Å²) >= 11 is 0. The Morgan fingerprint density at radius 3 is 2.19 bits per heavy atom. The molecule has 0 amide bonds. The van der Waals surface area contributed by atoms with Crippen molar-refractivity contribution >= 4 is 5.78 Å². The second-order valence-electron chi connectivity index (χ2n) is 5.51. The predicted octanol–water partition coefficient (Wildman–Crippen LogP) is 3.63. The molecule has 1 fully saturated rings. The summed E-state index contributed by atoms with van der Waals surface area (Å²) in [4.78, 5) is 13.1. The van der Waals surface area contributed by atoms with E-state index in [-0.39, 0.29) is 5.78 Å². The SMILES string of the molecule is COc1ccc(OC)c(C(=O)C2(OC)CCCCCC2)c1. The Morgan fingerprint density at radius 2 is 1.67 bits per heavy atom. The van der Waals surface area contributed by atoms with Gasteiger partial charge in [0.15, 0.2) is 5.78 Å². The summed E-state index contributed by atoms with van der Waals surface area (Å²) < 4.78 is 16.3. The maximum atomic E-state index is 13.1. The van der Waals surface area contributed by atoms with E-state index in [9.17, 15) is 4.79 Å². The fourth-order valence-electron chi connectivity index (χ4n) is 3.06. The molecule has 4 nitrogen and oxygen atoms in total. The van der Waals surface area contributed by atoms with Gasteiger partial charge in [0.05, 0.1) is 19.8 Å². The molecular formula is C17H24O4. The van der Waals surface area contributed by atoms with Gasteiger partial charge >= 0.3 is 0 Å². The third-order valence-corrected chi connectivity index (χ3v) is 4.37. The number of Topliss-reactive ketones (excluding diaryl/α,β-unsaturated/α-hetero) is 1. The Balaban J connectivity index is 2.40. The first-order chi connectivity index (χ1) is 10.2. The molecule has 21 heavy (non-hydrogen) atoms. The van der Waals surface area contributed by atoms with Gasteiger partial charge < -0.3 is 14.2 Å². The Bertz CT molecular complexity index is 488. The highest BCUT2D eigenvalue weighted by molar-refractivity contribution is 6.05. The lowest BCUT2D eigenvalue weighted by Crippen LogP contribution is -2.40. The van der Waals surface area contributed by atoms with Crippen molar-refractivity contribution in [2.24, 2.45) is 0 Å². The molecule has 4 heteroatoms. The van der Waals surface area contributed by atoms with Gasteiger partial charge in [0.1, 0.15) is 17.1 Å². The summed E-state index contributed by atoms with van der Waals surface area (Å²) in [6, 6.07) is 5.31. The number of benzene rings is 1. The molecule has 0 atom stereocenters. The van der Waals surface area contributed by atoms with Crippen molar-refractivity contribution in [2.45, 2.75) is 44.1 Å². The lowest BCUT2D eigenvalue weighted by molar-refractivity contribution is -0.00712. The number of ether oxygens (including phenoxy) is 3. The molecule has 1 aromatic carbocycles. The summed E-state index contributed by atoms with van der Waals surface area (Å²) in [6.07, 6.45) is 5.89. The fourth-order valence-corrected chi connectivity index (χ4v) is 3.06. The number of hydrogen-bond acceptors (Lipinski definition) is 4. The van der Waals surface area contributed by atoms with Crippen LogP contribution in [0.3, 0.4) is 0 Å². The topological polar surface area (TPSA) is 44.8 Å². The molecule has 1 aromatic rings.